The summed E-state index contributed by atoms with van der Waals surface area (Å²) in [5.41, 5.74) is 0.889. The first-order valence-electron chi connectivity index (χ1n) is 11.9. The molecule has 0 amide bonds. The lowest BCUT2D eigenvalue weighted by Crippen LogP contribution is -2.04. The summed E-state index contributed by atoms with van der Waals surface area (Å²) in [5.74, 6) is 0.615. The number of ether oxygens (including phenoxy) is 4. The maximum atomic E-state index is 12.3. The molecule has 37 heavy (non-hydrogen) atoms. The van der Waals surface area contributed by atoms with Crippen LogP contribution < -0.4 is 9.47 Å². The summed E-state index contributed by atoms with van der Waals surface area (Å²) in [4.78, 5) is 35.0. The molecule has 0 radical (unpaired) electrons. The van der Waals surface area contributed by atoms with Crippen LogP contribution in [0.4, 0.5) is 0 Å². The van der Waals surface area contributed by atoms with Gasteiger partial charge in [0, 0.05) is 17.0 Å². The molecule has 0 aromatic heterocycles. The number of rotatable bonds is 17. The molecular weight excluding hydrogens is 492 g/mol. The Morgan fingerprint density at radius 3 is 1.62 bits per heavy atom. The van der Waals surface area contributed by atoms with Gasteiger partial charge in [-0.2, -0.15) is 0 Å². The van der Waals surface area contributed by atoms with Crippen LogP contribution in [0.3, 0.4) is 0 Å². The van der Waals surface area contributed by atoms with Crippen molar-refractivity contribution in [3.8, 4) is 11.5 Å². The Morgan fingerprint density at radius 1 is 0.676 bits per heavy atom. The lowest BCUT2D eigenvalue weighted by atomic mass is 10.2. The monoisotopic (exact) mass is 524 g/mol. The third kappa shape index (κ3) is 13.2. The Bertz CT molecular complexity index is 1040. The van der Waals surface area contributed by atoms with Gasteiger partial charge in [0.25, 0.3) is 0 Å². The zero-order valence-corrected chi connectivity index (χ0v) is 21.6. The van der Waals surface area contributed by atoms with Crippen molar-refractivity contribution in [2.45, 2.75) is 30.6 Å². The van der Waals surface area contributed by atoms with Crippen LogP contribution >= 0.6 is 11.8 Å². The number of thioether (sulfide) groups is 1. The van der Waals surface area contributed by atoms with Gasteiger partial charge in [-0.3, -0.25) is 4.79 Å². The van der Waals surface area contributed by atoms with Gasteiger partial charge in [-0.25, -0.2) is 9.59 Å². The molecule has 2 rings (SSSR count). The van der Waals surface area contributed by atoms with Crippen LogP contribution in [0, 0.1) is 0 Å². The van der Waals surface area contributed by atoms with Gasteiger partial charge < -0.3 is 18.9 Å². The normalized spacial score (nSPS) is 10.5. The van der Waals surface area contributed by atoms with Gasteiger partial charge >= 0.3 is 11.9 Å². The summed E-state index contributed by atoms with van der Waals surface area (Å²) in [6.45, 7) is 8.41. The molecular formula is C29H32O7S. The van der Waals surface area contributed by atoms with Crippen LogP contribution in [0.1, 0.15) is 31.2 Å². The standard InChI is InChI=1S/C29H32O7S/c1-3-27(30)35-21-7-5-19-33-24-12-9-23(10-13-24)11-18-29(32)37-26-16-14-25(15-17-26)34-20-6-8-22-36-28(31)4-2/h3-4,9-18H,1-2,5-8,19-22H2/b18-11+. The van der Waals surface area contributed by atoms with E-state index in [0.717, 1.165) is 53.0 Å². The van der Waals surface area contributed by atoms with E-state index in [4.69, 9.17) is 18.9 Å². The molecule has 0 aliphatic rings. The highest BCUT2D eigenvalue weighted by molar-refractivity contribution is 8.14. The molecule has 0 heterocycles. The number of carbonyl (C=O) groups is 3. The second-order valence-corrected chi connectivity index (χ2v) is 8.73. The molecule has 0 aliphatic heterocycles. The Kier molecular flexibility index (Phi) is 14.0. The third-order valence-electron chi connectivity index (χ3n) is 4.77. The first-order valence-corrected chi connectivity index (χ1v) is 12.8. The fourth-order valence-corrected chi connectivity index (χ4v) is 3.49. The zero-order valence-electron chi connectivity index (χ0n) is 20.8. The lowest BCUT2D eigenvalue weighted by molar-refractivity contribution is -0.138. The van der Waals surface area contributed by atoms with Crippen molar-refractivity contribution in [2.75, 3.05) is 26.4 Å². The molecule has 0 unspecified atom stereocenters. The lowest BCUT2D eigenvalue weighted by Gasteiger charge is -2.07. The highest BCUT2D eigenvalue weighted by Crippen LogP contribution is 2.23. The largest absolute Gasteiger partial charge is 0.494 e. The van der Waals surface area contributed by atoms with Crippen molar-refractivity contribution in [3.05, 3.63) is 85.5 Å². The SMILES string of the molecule is C=CC(=O)OCCCCOc1ccc(/C=C/C(=O)Sc2ccc(OCCCCOC(=O)C=C)cc2)cc1. The molecule has 196 valence electrons. The van der Waals surface area contributed by atoms with Gasteiger partial charge in [0.2, 0.25) is 5.12 Å². The summed E-state index contributed by atoms with van der Waals surface area (Å²) in [6, 6.07) is 14.8. The van der Waals surface area contributed by atoms with E-state index >= 15 is 0 Å². The highest BCUT2D eigenvalue weighted by Gasteiger charge is 2.03. The smallest absolute Gasteiger partial charge is 0.330 e. The van der Waals surface area contributed by atoms with E-state index in [0.29, 0.717) is 45.0 Å². The minimum Gasteiger partial charge on any atom is -0.494 e. The fraction of sp³-hybridized carbons (Fsp3) is 0.276. The minimum absolute atomic E-state index is 0.0831. The average molecular weight is 525 g/mol. The van der Waals surface area contributed by atoms with E-state index in [1.165, 1.54) is 6.08 Å². The molecule has 2 aromatic rings. The molecule has 2 aromatic carbocycles. The molecule has 7 nitrogen and oxygen atoms in total. The summed E-state index contributed by atoms with van der Waals surface area (Å²) in [6.07, 6.45) is 8.53. The van der Waals surface area contributed by atoms with Crippen molar-refractivity contribution in [3.63, 3.8) is 0 Å². The highest BCUT2D eigenvalue weighted by atomic mass is 32.2. The number of hydrogen-bond donors (Lipinski definition) is 0. The third-order valence-corrected chi connectivity index (χ3v) is 5.62. The Labute approximate surface area is 222 Å². The molecule has 0 bridgehead atoms. The van der Waals surface area contributed by atoms with Gasteiger partial charge in [0.15, 0.2) is 0 Å². The predicted octanol–water partition coefficient (Wildman–Crippen LogP) is 5.80. The number of esters is 2. The predicted molar refractivity (Wildman–Crippen MR) is 145 cm³/mol. The van der Waals surface area contributed by atoms with E-state index in [2.05, 4.69) is 13.2 Å². The Hall–Kier alpha value is -3.78. The molecule has 0 aliphatic carbocycles. The molecule has 0 saturated heterocycles. The topological polar surface area (TPSA) is 88.1 Å². The van der Waals surface area contributed by atoms with Gasteiger partial charge in [-0.05, 0) is 85.5 Å². The van der Waals surface area contributed by atoms with E-state index in [9.17, 15) is 14.4 Å². The molecule has 0 atom stereocenters. The van der Waals surface area contributed by atoms with Crippen LogP contribution in [-0.4, -0.2) is 43.5 Å². The van der Waals surface area contributed by atoms with Crippen molar-refractivity contribution >= 4 is 34.9 Å². The van der Waals surface area contributed by atoms with Crippen LogP contribution in [-0.2, 0) is 23.9 Å². The zero-order chi connectivity index (χ0) is 26.7. The molecule has 8 heteroatoms. The van der Waals surface area contributed by atoms with Crippen LogP contribution in [0.2, 0.25) is 0 Å². The molecule has 0 saturated carbocycles. The number of benzene rings is 2. The first kappa shape index (κ1) is 29.5. The maximum Gasteiger partial charge on any atom is 0.330 e. The molecule has 0 N–H and O–H groups in total. The Morgan fingerprint density at radius 2 is 1.14 bits per heavy atom. The van der Waals surface area contributed by atoms with Crippen LogP contribution in [0.15, 0.2) is 84.8 Å². The summed E-state index contributed by atoms with van der Waals surface area (Å²) >= 11 is 1.14. The Balaban J connectivity index is 1.64. The quantitative estimate of drug-likeness (QED) is 0.111. The summed E-state index contributed by atoms with van der Waals surface area (Å²) < 4.78 is 21.2. The molecule has 0 spiro atoms. The number of hydrogen-bond acceptors (Lipinski definition) is 8. The fourth-order valence-electron chi connectivity index (χ4n) is 2.85. The van der Waals surface area contributed by atoms with Crippen molar-refractivity contribution < 1.29 is 33.3 Å². The number of carbonyl (C=O) groups excluding carboxylic acids is 3. The second kappa shape index (κ2) is 17.6. The maximum absolute atomic E-state index is 12.3. The van der Waals surface area contributed by atoms with Gasteiger partial charge in [-0.1, -0.05) is 31.4 Å². The van der Waals surface area contributed by atoms with Gasteiger partial charge in [0.1, 0.15) is 11.5 Å². The van der Waals surface area contributed by atoms with Gasteiger partial charge in [0.05, 0.1) is 26.4 Å². The second-order valence-electron chi connectivity index (χ2n) is 7.65. The first-order chi connectivity index (χ1) is 18.0. The van der Waals surface area contributed by atoms with Crippen molar-refractivity contribution in [2.24, 2.45) is 0 Å². The van der Waals surface area contributed by atoms with Crippen LogP contribution in [0.5, 0.6) is 11.5 Å². The van der Waals surface area contributed by atoms with E-state index in [1.54, 1.807) is 6.08 Å². The average Bonchev–Trinajstić information content (AvgIpc) is 2.92. The van der Waals surface area contributed by atoms with Crippen molar-refractivity contribution in [1.82, 2.24) is 0 Å². The number of unbranched alkanes of at least 4 members (excludes halogenated alkanes) is 2. The minimum atomic E-state index is -0.420. The van der Waals surface area contributed by atoms with Gasteiger partial charge in [-0.15, -0.1) is 0 Å². The van der Waals surface area contributed by atoms with E-state index in [1.807, 2.05) is 48.5 Å². The van der Waals surface area contributed by atoms with Crippen molar-refractivity contribution in [1.29, 1.82) is 0 Å². The van der Waals surface area contributed by atoms with E-state index in [-0.39, 0.29) is 5.12 Å². The summed E-state index contributed by atoms with van der Waals surface area (Å²) in [7, 11) is 0. The van der Waals surface area contributed by atoms with Crippen LogP contribution in [0.25, 0.3) is 6.08 Å². The van der Waals surface area contributed by atoms with E-state index < -0.39 is 11.9 Å². The summed E-state index contributed by atoms with van der Waals surface area (Å²) in [5, 5.41) is -0.0831. The molecule has 0 fully saturated rings.